The first-order valence-electron chi connectivity index (χ1n) is 6.15. The van der Waals surface area contributed by atoms with E-state index in [1.54, 1.807) is 0 Å². The SMILES string of the molecule is O=C(O)C12COC(C(=O)Nc3cc(Cl)c(O)cc3F)(C1)C2. The van der Waals surface area contributed by atoms with Crippen molar-refractivity contribution >= 4 is 29.2 Å². The fraction of sp³-hybridized carbons (Fsp3) is 0.385. The summed E-state index contributed by atoms with van der Waals surface area (Å²) in [5, 5.41) is 20.6. The van der Waals surface area contributed by atoms with Crippen LogP contribution >= 0.6 is 11.6 Å². The summed E-state index contributed by atoms with van der Waals surface area (Å²) in [4.78, 5) is 23.3. The number of anilines is 1. The second kappa shape index (κ2) is 4.32. The van der Waals surface area contributed by atoms with Gasteiger partial charge in [0.15, 0.2) is 0 Å². The van der Waals surface area contributed by atoms with Crippen molar-refractivity contribution in [2.45, 2.75) is 18.4 Å². The molecular formula is C13H11ClFNO5. The molecule has 21 heavy (non-hydrogen) atoms. The number of hydrogen-bond donors (Lipinski definition) is 3. The number of hydrogen-bond acceptors (Lipinski definition) is 4. The third-order valence-corrected chi connectivity index (χ3v) is 4.33. The van der Waals surface area contributed by atoms with Crippen LogP contribution in [0, 0.1) is 11.2 Å². The van der Waals surface area contributed by atoms with Crippen molar-refractivity contribution in [2.75, 3.05) is 11.9 Å². The van der Waals surface area contributed by atoms with Crippen molar-refractivity contribution in [1.82, 2.24) is 0 Å². The molecule has 4 rings (SSSR count). The molecule has 6 nitrogen and oxygen atoms in total. The summed E-state index contributed by atoms with van der Waals surface area (Å²) in [5.74, 6) is -2.89. The zero-order valence-electron chi connectivity index (χ0n) is 10.7. The van der Waals surface area contributed by atoms with Gasteiger partial charge >= 0.3 is 5.97 Å². The lowest BCUT2D eigenvalue weighted by atomic mass is 9.62. The Kier molecular flexibility index (Phi) is 2.90. The van der Waals surface area contributed by atoms with Crippen LogP contribution in [0.15, 0.2) is 12.1 Å². The minimum Gasteiger partial charge on any atom is -0.506 e. The minimum atomic E-state index is -1.23. The first kappa shape index (κ1) is 14.1. The topological polar surface area (TPSA) is 95.9 Å². The van der Waals surface area contributed by atoms with E-state index in [1.807, 2.05) is 0 Å². The fourth-order valence-corrected chi connectivity index (χ4v) is 2.99. The number of fused-ring (bicyclic) bond motifs is 1. The normalized spacial score (nSPS) is 29.8. The molecule has 1 aromatic rings. The lowest BCUT2D eigenvalue weighted by Crippen LogP contribution is -2.55. The predicted octanol–water partition coefficient (Wildman–Crippen LogP) is 1.76. The molecule has 3 fully saturated rings. The van der Waals surface area contributed by atoms with Gasteiger partial charge < -0.3 is 20.3 Å². The van der Waals surface area contributed by atoms with E-state index in [2.05, 4.69) is 5.32 Å². The van der Waals surface area contributed by atoms with E-state index in [9.17, 15) is 19.1 Å². The Morgan fingerprint density at radius 1 is 1.38 bits per heavy atom. The summed E-state index contributed by atoms with van der Waals surface area (Å²) >= 11 is 5.66. The number of ether oxygens (including phenoxy) is 1. The molecule has 1 aliphatic carbocycles. The average molecular weight is 316 g/mol. The van der Waals surface area contributed by atoms with Gasteiger partial charge in [0, 0.05) is 18.9 Å². The molecular weight excluding hydrogens is 305 g/mol. The van der Waals surface area contributed by atoms with Gasteiger partial charge in [-0.2, -0.15) is 0 Å². The second-order valence-corrected chi connectivity index (χ2v) is 5.87. The molecule has 8 heteroatoms. The van der Waals surface area contributed by atoms with Gasteiger partial charge in [-0.25, -0.2) is 4.39 Å². The molecule has 3 aliphatic rings. The number of phenols is 1. The molecule has 2 saturated heterocycles. The molecule has 1 amide bonds. The molecule has 0 spiro atoms. The van der Waals surface area contributed by atoms with Crippen LogP contribution < -0.4 is 5.32 Å². The van der Waals surface area contributed by atoms with E-state index in [-0.39, 0.29) is 30.2 Å². The third kappa shape index (κ3) is 1.96. The molecule has 2 bridgehead atoms. The molecule has 2 heterocycles. The number of nitrogens with one attached hydrogen (secondary N) is 1. The number of carboxylic acids is 1. The van der Waals surface area contributed by atoms with Crippen LogP contribution in [0.5, 0.6) is 5.75 Å². The van der Waals surface area contributed by atoms with E-state index in [1.165, 1.54) is 0 Å². The molecule has 1 saturated carbocycles. The van der Waals surface area contributed by atoms with E-state index in [0.29, 0.717) is 0 Å². The van der Waals surface area contributed by atoms with Gasteiger partial charge in [-0.05, 0) is 6.07 Å². The van der Waals surface area contributed by atoms with Crippen molar-refractivity contribution in [3.63, 3.8) is 0 Å². The maximum Gasteiger partial charge on any atom is 0.312 e. The molecule has 0 radical (unpaired) electrons. The maximum absolute atomic E-state index is 13.7. The van der Waals surface area contributed by atoms with Crippen LogP contribution in [0.3, 0.4) is 0 Å². The highest BCUT2D eigenvalue weighted by atomic mass is 35.5. The lowest BCUT2D eigenvalue weighted by molar-refractivity contribution is -0.156. The van der Waals surface area contributed by atoms with Crippen molar-refractivity contribution in [3.8, 4) is 5.75 Å². The summed E-state index contributed by atoms with van der Waals surface area (Å²) in [6, 6.07) is 1.87. The predicted molar refractivity (Wildman–Crippen MR) is 69.7 cm³/mol. The van der Waals surface area contributed by atoms with E-state index in [4.69, 9.17) is 21.4 Å². The third-order valence-electron chi connectivity index (χ3n) is 4.02. The lowest BCUT2D eigenvalue weighted by Gasteiger charge is -2.40. The number of aromatic hydroxyl groups is 1. The average Bonchev–Trinajstić information content (AvgIpc) is 2.92. The monoisotopic (exact) mass is 315 g/mol. The Labute approximate surface area is 123 Å². The molecule has 112 valence electrons. The Balaban J connectivity index is 1.78. The number of carbonyl (C=O) groups is 2. The number of carbonyl (C=O) groups excluding carboxylic acids is 1. The number of carboxylic acid groups (broad SMARTS) is 1. The first-order chi connectivity index (χ1) is 9.78. The van der Waals surface area contributed by atoms with Crippen molar-refractivity contribution in [3.05, 3.63) is 23.0 Å². The number of rotatable bonds is 3. The maximum atomic E-state index is 13.7. The Morgan fingerprint density at radius 3 is 2.62 bits per heavy atom. The van der Waals surface area contributed by atoms with Gasteiger partial charge in [0.25, 0.3) is 5.91 Å². The zero-order valence-corrected chi connectivity index (χ0v) is 11.4. The van der Waals surface area contributed by atoms with Crippen molar-refractivity contribution < 1.29 is 28.9 Å². The molecule has 3 N–H and O–H groups in total. The quantitative estimate of drug-likeness (QED) is 0.739. The number of halogens is 2. The number of benzene rings is 1. The highest BCUT2D eigenvalue weighted by Crippen LogP contribution is 2.58. The molecule has 2 aliphatic heterocycles. The van der Waals surface area contributed by atoms with E-state index < -0.39 is 34.5 Å². The summed E-state index contributed by atoms with van der Waals surface area (Å²) in [6.45, 7) is -0.0332. The van der Waals surface area contributed by atoms with Gasteiger partial charge in [-0.15, -0.1) is 0 Å². The number of amides is 1. The summed E-state index contributed by atoms with van der Waals surface area (Å²) in [6.07, 6.45) is 0.128. The molecule has 0 unspecified atom stereocenters. The highest BCUT2D eigenvalue weighted by Gasteiger charge is 2.70. The van der Waals surface area contributed by atoms with Crippen LogP contribution in [0.4, 0.5) is 10.1 Å². The summed E-state index contributed by atoms with van der Waals surface area (Å²) in [5.41, 5.74) is -2.43. The zero-order chi connectivity index (χ0) is 15.4. The minimum absolute atomic E-state index is 0.0332. The van der Waals surface area contributed by atoms with E-state index >= 15 is 0 Å². The van der Waals surface area contributed by atoms with Crippen molar-refractivity contribution in [1.29, 1.82) is 0 Å². The largest absolute Gasteiger partial charge is 0.506 e. The highest BCUT2D eigenvalue weighted by molar-refractivity contribution is 6.32. The Bertz CT molecular complexity index is 656. The molecule has 1 aromatic carbocycles. The first-order valence-corrected chi connectivity index (χ1v) is 6.53. The smallest absolute Gasteiger partial charge is 0.312 e. The van der Waals surface area contributed by atoms with Crippen LogP contribution in [0.25, 0.3) is 0 Å². The molecule has 0 atom stereocenters. The van der Waals surface area contributed by atoms with Gasteiger partial charge in [0.2, 0.25) is 0 Å². The number of phenolic OH excluding ortho intramolecular Hbond substituents is 1. The van der Waals surface area contributed by atoms with Gasteiger partial charge in [0.05, 0.1) is 22.7 Å². The van der Waals surface area contributed by atoms with E-state index in [0.717, 1.165) is 12.1 Å². The standard InChI is InChI=1S/C13H11ClFNO5/c14-6-1-8(7(15)2-9(6)17)16-10(18)13-3-12(4-13,5-21-13)11(19)20/h1-2,17H,3-5H2,(H,16,18)(H,19,20). The van der Waals surface area contributed by atoms with Gasteiger partial charge in [0.1, 0.15) is 17.2 Å². The van der Waals surface area contributed by atoms with Crippen LogP contribution in [0.2, 0.25) is 5.02 Å². The van der Waals surface area contributed by atoms with Crippen molar-refractivity contribution in [2.24, 2.45) is 5.41 Å². The molecule has 0 aromatic heterocycles. The second-order valence-electron chi connectivity index (χ2n) is 5.46. The summed E-state index contributed by atoms with van der Waals surface area (Å²) in [7, 11) is 0. The van der Waals surface area contributed by atoms with Gasteiger partial charge in [-0.3, -0.25) is 9.59 Å². The Morgan fingerprint density at radius 2 is 2.05 bits per heavy atom. The van der Waals surface area contributed by atoms with Crippen LogP contribution in [-0.2, 0) is 14.3 Å². The van der Waals surface area contributed by atoms with Crippen LogP contribution in [-0.4, -0.2) is 34.3 Å². The fourth-order valence-electron chi connectivity index (χ4n) is 2.83. The number of aliphatic carboxylic acids is 1. The van der Waals surface area contributed by atoms with Crippen LogP contribution in [0.1, 0.15) is 12.8 Å². The Hall–Kier alpha value is -1.86. The summed E-state index contributed by atoms with van der Waals surface area (Å²) < 4.78 is 19.0. The van der Waals surface area contributed by atoms with Gasteiger partial charge in [-0.1, -0.05) is 11.6 Å².